The average molecular weight is 372 g/mol. The van der Waals surface area contributed by atoms with Gasteiger partial charge in [-0.05, 0) is 64.9 Å². The highest BCUT2D eigenvalue weighted by molar-refractivity contribution is 6.17. The van der Waals surface area contributed by atoms with Crippen LogP contribution in [0.2, 0.25) is 0 Å². The summed E-state index contributed by atoms with van der Waals surface area (Å²) in [5.41, 5.74) is 4.88. The van der Waals surface area contributed by atoms with Crippen LogP contribution in [0.15, 0.2) is 87.7 Å². The van der Waals surface area contributed by atoms with E-state index in [0.29, 0.717) is 0 Å². The molecule has 0 N–H and O–H groups in total. The Kier molecular flexibility index (Phi) is 2.71. The van der Waals surface area contributed by atoms with E-state index in [0.717, 1.165) is 43.9 Å². The molecule has 0 bridgehead atoms. The van der Waals surface area contributed by atoms with Gasteiger partial charge in [-0.1, -0.05) is 48.0 Å². The normalized spacial score (nSPS) is 12.3. The summed E-state index contributed by atoms with van der Waals surface area (Å²) in [5, 5.41) is 9.28. The summed E-state index contributed by atoms with van der Waals surface area (Å²) in [7, 11) is 0. The molecule has 0 aliphatic heterocycles. The van der Waals surface area contributed by atoms with Crippen LogP contribution in [0.3, 0.4) is 0 Å². The fourth-order valence-corrected chi connectivity index (χ4v) is 4.59. The van der Waals surface area contributed by atoms with Gasteiger partial charge in [0.05, 0.1) is 0 Å². The zero-order valence-corrected chi connectivity index (χ0v) is 15.8. The molecule has 7 aromatic rings. The fourth-order valence-electron chi connectivity index (χ4n) is 4.59. The minimum Gasteiger partial charge on any atom is -0.456 e. The number of furan rings is 2. The molecule has 0 radical (unpaired) electrons. The topological polar surface area (TPSA) is 26.3 Å². The van der Waals surface area contributed by atoms with Crippen LogP contribution >= 0.6 is 0 Å². The largest absolute Gasteiger partial charge is 0.456 e. The maximum atomic E-state index is 6.27. The smallest absolute Gasteiger partial charge is 0.136 e. The van der Waals surface area contributed by atoms with E-state index in [1.54, 1.807) is 0 Å². The zero-order valence-electron chi connectivity index (χ0n) is 15.8. The Morgan fingerprint density at radius 1 is 0.448 bits per heavy atom. The van der Waals surface area contributed by atoms with E-state index in [1.165, 1.54) is 27.1 Å². The van der Waals surface area contributed by atoms with Crippen molar-refractivity contribution in [1.29, 1.82) is 0 Å². The highest BCUT2D eigenvalue weighted by atomic mass is 16.3. The number of hydrogen-bond acceptors (Lipinski definition) is 2. The van der Waals surface area contributed by atoms with Crippen molar-refractivity contribution in [1.82, 2.24) is 0 Å². The summed E-state index contributed by atoms with van der Waals surface area (Å²) in [6.07, 6.45) is 0. The maximum absolute atomic E-state index is 6.27. The van der Waals surface area contributed by atoms with Crippen molar-refractivity contribution in [3.05, 3.63) is 84.4 Å². The number of hydrogen-bond donors (Lipinski definition) is 0. The quantitative estimate of drug-likeness (QED) is 0.269. The minimum atomic E-state index is 0.898. The van der Waals surface area contributed by atoms with Crippen molar-refractivity contribution in [2.45, 2.75) is 6.92 Å². The zero-order chi connectivity index (χ0) is 19.1. The molecule has 2 aromatic heterocycles. The molecular formula is C27H16O2. The van der Waals surface area contributed by atoms with Gasteiger partial charge in [-0.2, -0.15) is 0 Å². The van der Waals surface area contributed by atoms with Gasteiger partial charge in [-0.15, -0.1) is 0 Å². The standard InChI is InChI=1S/C27H16O2/c1-15-6-7-18-10-21-23-14-26-22(13-27(23)29-25(21)12-19(18)8-15)20-9-16-4-2-3-5-17(16)11-24(20)28-26/h2-14H,1H3. The van der Waals surface area contributed by atoms with Crippen LogP contribution in [-0.4, -0.2) is 0 Å². The monoisotopic (exact) mass is 372 g/mol. The van der Waals surface area contributed by atoms with Crippen molar-refractivity contribution in [2.75, 3.05) is 0 Å². The number of benzene rings is 5. The first-order valence-corrected chi connectivity index (χ1v) is 9.85. The Labute approximate surface area is 165 Å². The van der Waals surface area contributed by atoms with Crippen LogP contribution in [0.5, 0.6) is 0 Å². The van der Waals surface area contributed by atoms with E-state index in [1.807, 2.05) is 0 Å². The van der Waals surface area contributed by atoms with Gasteiger partial charge < -0.3 is 8.83 Å². The van der Waals surface area contributed by atoms with Crippen molar-refractivity contribution in [3.8, 4) is 0 Å². The van der Waals surface area contributed by atoms with Gasteiger partial charge in [-0.3, -0.25) is 0 Å². The van der Waals surface area contributed by atoms with Crippen LogP contribution in [0, 0.1) is 6.92 Å². The minimum absolute atomic E-state index is 0.898. The van der Waals surface area contributed by atoms with Gasteiger partial charge in [0.2, 0.25) is 0 Å². The highest BCUT2D eigenvalue weighted by Crippen LogP contribution is 2.39. The second kappa shape index (κ2) is 5.18. The van der Waals surface area contributed by atoms with E-state index in [-0.39, 0.29) is 0 Å². The Balaban J connectivity index is 1.60. The van der Waals surface area contributed by atoms with Crippen molar-refractivity contribution < 1.29 is 8.83 Å². The van der Waals surface area contributed by atoms with Crippen LogP contribution in [-0.2, 0) is 0 Å². The third-order valence-corrected chi connectivity index (χ3v) is 6.04. The van der Waals surface area contributed by atoms with Gasteiger partial charge in [0.15, 0.2) is 0 Å². The Bertz CT molecular complexity index is 1760. The number of rotatable bonds is 0. The molecule has 0 aliphatic carbocycles. The summed E-state index contributed by atoms with van der Waals surface area (Å²) >= 11 is 0. The second-order valence-electron chi connectivity index (χ2n) is 7.94. The molecular weight excluding hydrogens is 356 g/mol. The molecule has 2 nitrogen and oxygen atoms in total. The summed E-state index contributed by atoms with van der Waals surface area (Å²) < 4.78 is 12.5. The SMILES string of the molecule is Cc1ccc2cc3c(cc2c1)oc1cc2c(cc13)oc1cc3ccccc3cc12. The Morgan fingerprint density at radius 2 is 0.931 bits per heavy atom. The lowest BCUT2D eigenvalue weighted by atomic mass is 10.0. The summed E-state index contributed by atoms with van der Waals surface area (Å²) in [6, 6.07) is 27.9. The molecule has 29 heavy (non-hydrogen) atoms. The van der Waals surface area contributed by atoms with E-state index in [4.69, 9.17) is 8.83 Å². The fraction of sp³-hybridized carbons (Fsp3) is 0.0370. The molecule has 0 fully saturated rings. The van der Waals surface area contributed by atoms with E-state index in [9.17, 15) is 0 Å². The molecule has 2 heterocycles. The highest BCUT2D eigenvalue weighted by Gasteiger charge is 2.14. The Hall–Kier alpha value is -3.78. The predicted octanol–water partition coefficient (Wildman–Crippen LogP) is 8.10. The summed E-state index contributed by atoms with van der Waals surface area (Å²) in [5.74, 6) is 0. The summed E-state index contributed by atoms with van der Waals surface area (Å²) in [6.45, 7) is 2.12. The molecule has 2 heteroatoms. The van der Waals surface area contributed by atoms with Gasteiger partial charge in [0, 0.05) is 21.5 Å². The van der Waals surface area contributed by atoms with E-state index >= 15 is 0 Å². The predicted molar refractivity (Wildman–Crippen MR) is 121 cm³/mol. The molecule has 0 unspecified atom stereocenters. The molecule has 0 saturated heterocycles. The molecule has 0 atom stereocenters. The molecule has 5 aromatic carbocycles. The summed E-state index contributed by atoms with van der Waals surface area (Å²) in [4.78, 5) is 0. The molecule has 0 aliphatic rings. The van der Waals surface area contributed by atoms with E-state index < -0.39 is 0 Å². The van der Waals surface area contributed by atoms with Crippen molar-refractivity contribution in [2.24, 2.45) is 0 Å². The van der Waals surface area contributed by atoms with Gasteiger partial charge in [0.1, 0.15) is 22.3 Å². The Morgan fingerprint density at radius 3 is 1.59 bits per heavy atom. The third kappa shape index (κ3) is 2.06. The molecule has 0 amide bonds. The average Bonchev–Trinajstić information content (AvgIpc) is 3.25. The van der Waals surface area contributed by atoms with Crippen molar-refractivity contribution in [3.63, 3.8) is 0 Å². The lowest BCUT2D eigenvalue weighted by Gasteiger charge is -1.99. The lowest BCUT2D eigenvalue weighted by molar-refractivity contribution is 0.664. The van der Waals surface area contributed by atoms with Crippen LogP contribution in [0.1, 0.15) is 5.56 Å². The van der Waals surface area contributed by atoms with Gasteiger partial charge in [-0.25, -0.2) is 0 Å². The van der Waals surface area contributed by atoms with Crippen LogP contribution < -0.4 is 0 Å². The van der Waals surface area contributed by atoms with Crippen molar-refractivity contribution >= 4 is 65.4 Å². The first-order chi connectivity index (χ1) is 14.2. The second-order valence-corrected chi connectivity index (χ2v) is 7.94. The molecule has 7 rings (SSSR count). The number of fused-ring (bicyclic) bond motifs is 8. The van der Waals surface area contributed by atoms with Gasteiger partial charge in [0.25, 0.3) is 0 Å². The first-order valence-electron chi connectivity index (χ1n) is 9.85. The van der Waals surface area contributed by atoms with Crippen LogP contribution in [0.25, 0.3) is 65.4 Å². The molecule has 0 spiro atoms. The third-order valence-electron chi connectivity index (χ3n) is 6.04. The maximum Gasteiger partial charge on any atom is 0.136 e. The van der Waals surface area contributed by atoms with E-state index in [2.05, 4.69) is 85.8 Å². The number of aryl methyl sites for hydroxylation is 1. The first kappa shape index (κ1) is 15.2. The molecule has 136 valence electrons. The van der Waals surface area contributed by atoms with Crippen LogP contribution in [0.4, 0.5) is 0 Å². The molecule has 0 saturated carbocycles. The lowest BCUT2D eigenvalue weighted by Crippen LogP contribution is -1.75. The van der Waals surface area contributed by atoms with Gasteiger partial charge >= 0.3 is 0 Å².